The molecule has 1 unspecified atom stereocenters. The summed E-state index contributed by atoms with van der Waals surface area (Å²) in [7, 11) is 0. The lowest BCUT2D eigenvalue weighted by molar-refractivity contribution is -0.143. The van der Waals surface area contributed by atoms with Crippen LogP contribution in [-0.2, 0) is 6.42 Å². The SMILES string of the molecule is C=CC(C)(O)C(F)(F)Cc1ccc(F)cc1. The number of benzene rings is 1. The zero-order valence-electron chi connectivity index (χ0n) is 8.88. The van der Waals surface area contributed by atoms with Crippen molar-refractivity contribution in [3.63, 3.8) is 0 Å². The van der Waals surface area contributed by atoms with E-state index in [0.29, 0.717) is 0 Å². The second kappa shape index (κ2) is 4.29. The van der Waals surface area contributed by atoms with Crippen molar-refractivity contribution in [1.29, 1.82) is 0 Å². The van der Waals surface area contributed by atoms with Crippen LogP contribution in [0, 0.1) is 5.82 Å². The van der Waals surface area contributed by atoms with Gasteiger partial charge in [0, 0.05) is 6.42 Å². The number of hydrogen-bond acceptors (Lipinski definition) is 1. The van der Waals surface area contributed by atoms with Crippen LogP contribution in [0.2, 0.25) is 0 Å². The summed E-state index contributed by atoms with van der Waals surface area (Å²) in [5, 5.41) is 9.42. The van der Waals surface area contributed by atoms with Gasteiger partial charge in [0.1, 0.15) is 11.4 Å². The van der Waals surface area contributed by atoms with Gasteiger partial charge in [0.05, 0.1) is 0 Å². The Kier molecular flexibility index (Phi) is 3.43. The van der Waals surface area contributed by atoms with E-state index in [9.17, 15) is 18.3 Å². The fourth-order valence-corrected chi connectivity index (χ4v) is 1.19. The monoisotopic (exact) mass is 230 g/mol. The molecule has 1 aromatic rings. The lowest BCUT2D eigenvalue weighted by Crippen LogP contribution is -2.45. The van der Waals surface area contributed by atoms with E-state index in [4.69, 9.17) is 0 Å². The highest BCUT2D eigenvalue weighted by atomic mass is 19.3. The molecule has 0 fully saturated rings. The molecule has 1 N–H and O–H groups in total. The van der Waals surface area contributed by atoms with Crippen molar-refractivity contribution in [3.05, 3.63) is 48.3 Å². The van der Waals surface area contributed by atoms with Crippen molar-refractivity contribution >= 4 is 0 Å². The van der Waals surface area contributed by atoms with Gasteiger partial charge >= 0.3 is 0 Å². The number of alkyl halides is 2. The first kappa shape index (κ1) is 12.8. The minimum absolute atomic E-state index is 0.258. The second-order valence-electron chi connectivity index (χ2n) is 3.86. The molecule has 88 valence electrons. The smallest absolute Gasteiger partial charge is 0.283 e. The van der Waals surface area contributed by atoms with Gasteiger partial charge in [-0.15, -0.1) is 6.58 Å². The number of aliphatic hydroxyl groups is 1. The Balaban J connectivity index is 2.88. The molecule has 4 heteroatoms. The van der Waals surface area contributed by atoms with Crippen LogP contribution < -0.4 is 0 Å². The van der Waals surface area contributed by atoms with Gasteiger partial charge in [-0.25, -0.2) is 13.2 Å². The van der Waals surface area contributed by atoms with Crippen LogP contribution in [-0.4, -0.2) is 16.6 Å². The van der Waals surface area contributed by atoms with E-state index in [1.54, 1.807) is 0 Å². The largest absolute Gasteiger partial charge is 0.380 e. The average molecular weight is 230 g/mol. The van der Waals surface area contributed by atoms with Crippen LogP contribution >= 0.6 is 0 Å². The van der Waals surface area contributed by atoms with E-state index in [2.05, 4.69) is 6.58 Å². The second-order valence-corrected chi connectivity index (χ2v) is 3.86. The normalized spacial score (nSPS) is 15.6. The van der Waals surface area contributed by atoms with E-state index in [0.717, 1.165) is 25.1 Å². The fourth-order valence-electron chi connectivity index (χ4n) is 1.19. The molecule has 16 heavy (non-hydrogen) atoms. The molecular weight excluding hydrogens is 217 g/mol. The van der Waals surface area contributed by atoms with Crippen molar-refractivity contribution in [2.45, 2.75) is 24.9 Å². The minimum atomic E-state index is -3.34. The van der Waals surface area contributed by atoms with E-state index in [1.165, 1.54) is 12.1 Å². The van der Waals surface area contributed by atoms with Crippen molar-refractivity contribution in [1.82, 2.24) is 0 Å². The van der Waals surface area contributed by atoms with Crippen LogP contribution in [0.4, 0.5) is 13.2 Å². The first-order valence-corrected chi connectivity index (χ1v) is 4.77. The Morgan fingerprint density at radius 1 is 1.31 bits per heavy atom. The predicted octanol–water partition coefficient (Wildman–Crippen LogP) is 2.94. The van der Waals surface area contributed by atoms with E-state index in [1.807, 2.05) is 0 Å². The Morgan fingerprint density at radius 3 is 2.25 bits per heavy atom. The van der Waals surface area contributed by atoms with Crippen molar-refractivity contribution in [2.24, 2.45) is 0 Å². The Hall–Kier alpha value is -1.29. The zero-order valence-corrected chi connectivity index (χ0v) is 8.88. The molecule has 1 rings (SSSR count). The van der Waals surface area contributed by atoms with Crippen molar-refractivity contribution in [2.75, 3.05) is 0 Å². The molecule has 0 saturated carbocycles. The first-order valence-electron chi connectivity index (χ1n) is 4.77. The Morgan fingerprint density at radius 2 is 1.81 bits per heavy atom. The molecule has 0 heterocycles. The molecule has 0 aromatic heterocycles. The number of hydrogen-bond donors (Lipinski definition) is 1. The summed E-state index contributed by atoms with van der Waals surface area (Å²) in [5.41, 5.74) is -2.02. The van der Waals surface area contributed by atoms with Crippen LogP contribution in [0.3, 0.4) is 0 Å². The fraction of sp³-hybridized carbons (Fsp3) is 0.333. The molecule has 0 amide bonds. The maximum atomic E-state index is 13.6. The van der Waals surface area contributed by atoms with Gasteiger partial charge in [-0.3, -0.25) is 0 Å². The van der Waals surface area contributed by atoms with Crippen LogP contribution in [0.15, 0.2) is 36.9 Å². The number of halogens is 3. The maximum absolute atomic E-state index is 13.6. The number of rotatable bonds is 4. The third kappa shape index (κ3) is 2.64. The lowest BCUT2D eigenvalue weighted by Gasteiger charge is -2.29. The average Bonchev–Trinajstić information content (AvgIpc) is 2.21. The summed E-state index contributed by atoms with van der Waals surface area (Å²) >= 11 is 0. The van der Waals surface area contributed by atoms with E-state index >= 15 is 0 Å². The first-order chi connectivity index (χ1) is 7.28. The van der Waals surface area contributed by atoms with Gasteiger partial charge in [0.2, 0.25) is 0 Å². The van der Waals surface area contributed by atoms with Crippen LogP contribution in [0.5, 0.6) is 0 Å². The molecule has 0 spiro atoms. The molecule has 1 atom stereocenters. The summed E-state index contributed by atoms with van der Waals surface area (Å²) in [6.07, 6.45) is 0.142. The third-order valence-corrected chi connectivity index (χ3v) is 2.48. The quantitative estimate of drug-likeness (QED) is 0.788. The van der Waals surface area contributed by atoms with Gasteiger partial charge in [0.15, 0.2) is 0 Å². The molecular formula is C12H13F3O. The van der Waals surface area contributed by atoms with E-state index in [-0.39, 0.29) is 5.56 Å². The van der Waals surface area contributed by atoms with E-state index < -0.39 is 23.8 Å². The minimum Gasteiger partial charge on any atom is -0.380 e. The highest BCUT2D eigenvalue weighted by molar-refractivity contribution is 5.19. The van der Waals surface area contributed by atoms with Gasteiger partial charge in [-0.1, -0.05) is 18.2 Å². The zero-order chi connectivity index (χ0) is 12.4. The molecule has 0 saturated heterocycles. The lowest BCUT2D eigenvalue weighted by atomic mass is 9.92. The molecule has 0 aliphatic rings. The molecule has 0 aliphatic heterocycles. The maximum Gasteiger partial charge on any atom is 0.283 e. The van der Waals surface area contributed by atoms with Gasteiger partial charge in [0.25, 0.3) is 5.92 Å². The summed E-state index contributed by atoms with van der Waals surface area (Å²) in [6, 6.07) is 4.74. The molecule has 0 bridgehead atoms. The Bertz CT molecular complexity index is 368. The predicted molar refractivity (Wildman–Crippen MR) is 55.9 cm³/mol. The molecule has 1 nitrogen and oxygen atoms in total. The van der Waals surface area contributed by atoms with Gasteiger partial charge < -0.3 is 5.11 Å². The third-order valence-electron chi connectivity index (χ3n) is 2.48. The highest BCUT2D eigenvalue weighted by Gasteiger charge is 2.46. The summed E-state index contributed by atoms with van der Waals surface area (Å²) < 4.78 is 39.7. The summed E-state index contributed by atoms with van der Waals surface area (Å²) in [6.45, 7) is 4.15. The Labute approximate surface area is 92.2 Å². The topological polar surface area (TPSA) is 20.2 Å². The molecule has 1 aromatic carbocycles. The van der Waals surface area contributed by atoms with Crippen molar-refractivity contribution < 1.29 is 18.3 Å². The van der Waals surface area contributed by atoms with Crippen LogP contribution in [0.1, 0.15) is 12.5 Å². The molecule has 0 aliphatic carbocycles. The van der Waals surface area contributed by atoms with Gasteiger partial charge in [-0.2, -0.15) is 0 Å². The van der Waals surface area contributed by atoms with Crippen LogP contribution in [0.25, 0.3) is 0 Å². The highest BCUT2D eigenvalue weighted by Crippen LogP contribution is 2.32. The summed E-state index contributed by atoms with van der Waals surface area (Å²) in [5.74, 6) is -3.82. The molecule has 0 radical (unpaired) electrons. The van der Waals surface area contributed by atoms with Crippen molar-refractivity contribution in [3.8, 4) is 0 Å². The summed E-state index contributed by atoms with van der Waals surface area (Å²) in [4.78, 5) is 0. The van der Waals surface area contributed by atoms with Gasteiger partial charge in [-0.05, 0) is 24.6 Å². The standard InChI is InChI=1S/C12H13F3O/c1-3-11(2,16)12(14,15)8-9-4-6-10(13)7-5-9/h3-7,16H,1,8H2,2H3.